The quantitative estimate of drug-likeness (QED) is 0.317. The van der Waals surface area contributed by atoms with E-state index in [2.05, 4.69) is 4.74 Å². The number of hydrogen-bond acceptors (Lipinski definition) is 6. The lowest BCUT2D eigenvalue weighted by molar-refractivity contribution is -0.386. The third-order valence-corrected chi connectivity index (χ3v) is 2.87. The van der Waals surface area contributed by atoms with Gasteiger partial charge in [-0.1, -0.05) is 19.8 Å². The Morgan fingerprint density at radius 1 is 1.29 bits per heavy atom. The van der Waals surface area contributed by atoms with Crippen molar-refractivity contribution >= 4 is 11.7 Å². The van der Waals surface area contributed by atoms with Crippen LogP contribution < -0.4 is 9.47 Å². The molecular formula is C14H19NO6. The fourth-order valence-corrected chi connectivity index (χ4v) is 1.78. The van der Waals surface area contributed by atoms with Crippen LogP contribution in [0.2, 0.25) is 0 Å². The predicted molar refractivity (Wildman–Crippen MR) is 76.0 cm³/mol. The molecule has 7 heteroatoms. The molecule has 0 radical (unpaired) electrons. The van der Waals surface area contributed by atoms with Crippen molar-refractivity contribution in [3.63, 3.8) is 0 Å². The maximum Gasteiger partial charge on any atom is 0.338 e. The zero-order valence-electron chi connectivity index (χ0n) is 12.4. The van der Waals surface area contributed by atoms with Crippen LogP contribution >= 0.6 is 0 Å². The monoisotopic (exact) mass is 297 g/mol. The van der Waals surface area contributed by atoms with Gasteiger partial charge in [-0.25, -0.2) is 4.79 Å². The van der Waals surface area contributed by atoms with Crippen molar-refractivity contribution in [1.82, 2.24) is 0 Å². The smallest absolute Gasteiger partial charge is 0.338 e. The van der Waals surface area contributed by atoms with Crippen molar-refractivity contribution in [2.45, 2.75) is 26.2 Å². The van der Waals surface area contributed by atoms with Crippen LogP contribution in [0.25, 0.3) is 0 Å². The molecule has 0 aromatic heterocycles. The summed E-state index contributed by atoms with van der Waals surface area (Å²) in [6, 6.07) is 2.50. The molecule has 0 unspecified atom stereocenters. The number of esters is 1. The van der Waals surface area contributed by atoms with Crippen molar-refractivity contribution < 1.29 is 23.9 Å². The lowest BCUT2D eigenvalue weighted by Gasteiger charge is -2.12. The van der Waals surface area contributed by atoms with Crippen LogP contribution in [-0.2, 0) is 4.74 Å². The molecule has 0 N–H and O–H groups in total. The highest BCUT2D eigenvalue weighted by atomic mass is 16.6. The first-order valence-electron chi connectivity index (χ1n) is 6.62. The zero-order chi connectivity index (χ0) is 15.8. The number of hydrogen-bond donors (Lipinski definition) is 0. The lowest BCUT2D eigenvalue weighted by atomic mass is 10.1. The average Bonchev–Trinajstić information content (AvgIpc) is 2.49. The number of unbranched alkanes of at least 4 members (excludes halogenated alkanes) is 2. The van der Waals surface area contributed by atoms with Crippen molar-refractivity contribution in [2.24, 2.45) is 0 Å². The highest BCUT2D eigenvalue weighted by molar-refractivity contribution is 5.91. The summed E-state index contributed by atoms with van der Waals surface area (Å²) in [6.07, 6.45) is 2.77. The van der Waals surface area contributed by atoms with Gasteiger partial charge in [0.1, 0.15) is 0 Å². The summed E-state index contributed by atoms with van der Waals surface area (Å²) >= 11 is 0. The minimum Gasteiger partial charge on any atom is -0.493 e. The normalized spacial score (nSPS) is 10.0. The summed E-state index contributed by atoms with van der Waals surface area (Å²) in [5.41, 5.74) is -0.270. The number of methoxy groups -OCH3 is 2. The van der Waals surface area contributed by atoms with E-state index in [9.17, 15) is 14.9 Å². The highest BCUT2D eigenvalue weighted by Crippen LogP contribution is 2.38. The first kappa shape index (κ1) is 16.7. The second-order valence-corrected chi connectivity index (χ2v) is 4.33. The van der Waals surface area contributed by atoms with Gasteiger partial charge >= 0.3 is 11.7 Å². The summed E-state index contributed by atoms with van der Waals surface area (Å²) in [7, 11) is 2.56. The average molecular weight is 297 g/mol. The molecule has 1 rings (SSSR count). The van der Waals surface area contributed by atoms with Crippen molar-refractivity contribution in [3.05, 3.63) is 27.8 Å². The van der Waals surface area contributed by atoms with E-state index in [0.29, 0.717) is 6.61 Å². The maximum atomic E-state index is 11.5. The fourth-order valence-electron chi connectivity index (χ4n) is 1.78. The van der Waals surface area contributed by atoms with E-state index >= 15 is 0 Å². The van der Waals surface area contributed by atoms with Crippen LogP contribution in [0, 0.1) is 10.1 Å². The van der Waals surface area contributed by atoms with E-state index in [1.807, 2.05) is 6.92 Å². The fraction of sp³-hybridized carbons (Fsp3) is 0.500. The molecule has 21 heavy (non-hydrogen) atoms. The topological polar surface area (TPSA) is 87.9 Å². The zero-order valence-corrected chi connectivity index (χ0v) is 12.4. The van der Waals surface area contributed by atoms with Gasteiger partial charge in [0, 0.05) is 6.07 Å². The first-order valence-corrected chi connectivity index (χ1v) is 6.62. The largest absolute Gasteiger partial charge is 0.493 e. The number of nitrogens with zero attached hydrogens (tertiary/aromatic N) is 1. The second-order valence-electron chi connectivity index (χ2n) is 4.33. The van der Waals surface area contributed by atoms with E-state index in [-0.39, 0.29) is 22.7 Å². The Labute approximate surface area is 123 Å². The minimum atomic E-state index is -0.672. The maximum absolute atomic E-state index is 11.5. The Hall–Kier alpha value is -2.31. The molecular weight excluding hydrogens is 278 g/mol. The van der Waals surface area contributed by atoms with E-state index in [1.54, 1.807) is 0 Å². The van der Waals surface area contributed by atoms with Crippen LogP contribution in [0.15, 0.2) is 12.1 Å². The molecule has 0 saturated carbocycles. The molecule has 0 atom stereocenters. The molecule has 0 amide bonds. The summed E-state index contributed by atoms with van der Waals surface area (Å²) in [5, 5.41) is 11.2. The Kier molecular flexibility index (Phi) is 6.45. The highest BCUT2D eigenvalue weighted by Gasteiger charge is 2.24. The molecule has 0 fully saturated rings. The van der Waals surface area contributed by atoms with Crippen molar-refractivity contribution in [1.29, 1.82) is 0 Å². The number of nitro groups is 1. The standard InChI is InChI=1S/C14H19NO6/c1-4-5-6-7-21-13-11(15(17)18)8-10(14(16)20-3)9-12(13)19-2/h8-9H,4-7H2,1-3H3. The Morgan fingerprint density at radius 2 is 2.00 bits per heavy atom. The van der Waals surface area contributed by atoms with E-state index in [0.717, 1.165) is 25.3 Å². The van der Waals surface area contributed by atoms with Gasteiger partial charge in [0.2, 0.25) is 5.75 Å². The number of carbonyl (C=O) groups is 1. The molecule has 7 nitrogen and oxygen atoms in total. The SMILES string of the molecule is CCCCCOc1c(OC)cc(C(=O)OC)cc1[N+](=O)[O-]. The number of benzene rings is 1. The van der Waals surface area contributed by atoms with Crippen LogP contribution in [0.4, 0.5) is 5.69 Å². The first-order chi connectivity index (χ1) is 10.0. The Morgan fingerprint density at radius 3 is 2.52 bits per heavy atom. The number of rotatable bonds is 8. The van der Waals surface area contributed by atoms with Gasteiger partial charge in [0.05, 0.1) is 31.3 Å². The van der Waals surface area contributed by atoms with Crippen molar-refractivity contribution in [3.8, 4) is 11.5 Å². The van der Waals surface area contributed by atoms with Crippen LogP contribution in [0.3, 0.4) is 0 Å². The summed E-state index contributed by atoms with van der Waals surface area (Å²) in [6.45, 7) is 2.40. The van der Waals surface area contributed by atoms with Gasteiger partial charge in [-0.05, 0) is 12.5 Å². The van der Waals surface area contributed by atoms with Gasteiger partial charge in [-0.15, -0.1) is 0 Å². The molecule has 0 saturated heterocycles. The Balaban J connectivity index is 3.14. The van der Waals surface area contributed by atoms with Crippen LogP contribution in [0.1, 0.15) is 36.5 Å². The summed E-state index contributed by atoms with van der Waals surface area (Å²) < 4.78 is 15.1. The molecule has 0 aliphatic rings. The summed E-state index contributed by atoms with van der Waals surface area (Å²) in [5.74, 6) is -0.499. The van der Waals surface area contributed by atoms with E-state index in [1.165, 1.54) is 20.3 Å². The number of nitro benzene ring substituents is 1. The van der Waals surface area contributed by atoms with Crippen molar-refractivity contribution in [2.75, 3.05) is 20.8 Å². The molecule has 0 heterocycles. The van der Waals surface area contributed by atoms with E-state index < -0.39 is 10.9 Å². The van der Waals surface area contributed by atoms with Gasteiger partial charge < -0.3 is 14.2 Å². The third kappa shape index (κ3) is 4.34. The minimum absolute atomic E-state index is 0.0336. The molecule has 1 aromatic rings. The number of carbonyl (C=O) groups excluding carboxylic acids is 1. The van der Waals surface area contributed by atoms with Gasteiger partial charge in [0.15, 0.2) is 5.75 Å². The number of ether oxygens (including phenoxy) is 3. The summed E-state index contributed by atoms with van der Waals surface area (Å²) in [4.78, 5) is 22.1. The second kappa shape index (κ2) is 8.08. The molecule has 0 spiro atoms. The Bertz CT molecular complexity index is 514. The van der Waals surface area contributed by atoms with Gasteiger partial charge in [0.25, 0.3) is 0 Å². The predicted octanol–water partition coefficient (Wildman–Crippen LogP) is 2.96. The van der Waals surface area contributed by atoms with E-state index in [4.69, 9.17) is 9.47 Å². The van der Waals surface area contributed by atoms with Gasteiger partial charge in [-0.2, -0.15) is 0 Å². The van der Waals surface area contributed by atoms with Crippen LogP contribution in [0.5, 0.6) is 11.5 Å². The molecule has 1 aromatic carbocycles. The molecule has 0 aliphatic carbocycles. The lowest BCUT2D eigenvalue weighted by Crippen LogP contribution is -2.07. The van der Waals surface area contributed by atoms with Gasteiger partial charge in [-0.3, -0.25) is 10.1 Å². The van der Waals surface area contributed by atoms with Crippen LogP contribution in [-0.4, -0.2) is 31.7 Å². The molecule has 116 valence electrons. The molecule has 0 bridgehead atoms. The third-order valence-electron chi connectivity index (χ3n) is 2.87. The molecule has 0 aliphatic heterocycles.